The molecule has 6 heteroatoms. The van der Waals surface area contributed by atoms with Crippen molar-refractivity contribution in [3.05, 3.63) is 28.2 Å². The van der Waals surface area contributed by atoms with Gasteiger partial charge in [0.15, 0.2) is 0 Å². The first-order chi connectivity index (χ1) is 9.37. The molecule has 1 heterocycles. The zero-order valence-corrected chi connectivity index (χ0v) is 14.1. The van der Waals surface area contributed by atoms with Gasteiger partial charge in [-0.2, -0.15) is 4.31 Å². The molecule has 0 bridgehead atoms. The lowest BCUT2D eigenvalue weighted by molar-refractivity contribution is 0.281. The first-order valence-corrected chi connectivity index (χ1v) is 9.02. The zero-order valence-electron chi connectivity index (χ0n) is 11.7. The Hall–Kier alpha value is -0.430. The minimum absolute atomic E-state index is 0.0599. The highest BCUT2D eigenvalue weighted by Crippen LogP contribution is 2.33. The largest absolute Gasteiger partial charge is 0.392 e. The van der Waals surface area contributed by atoms with Crippen LogP contribution in [0.4, 0.5) is 0 Å². The van der Waals surface area contributed by atoms with Gasteiger partial charge in [0, 0.05) is 17.1 Å². The molecule has 1 atom stereocenters. The number of nitrogens with zero attached hydrogens (tertiary/aromatic N) is 1. The molecular formula is C14H20BrNO3S. The van der Waals surface area contributed by atoms with Gasteiger partial charge in [-0.15, -0.1) is 0 Å². The first kappa shape index (κ1) is 15.9. The molecule has 0 aliphatic carbocycles. The van der Waals surface area contributed by atoms with E-state index in [0.717, 1.165) is 12.8 Å². The second-order valence-electron chi connectivity index (χ2n) is 5.49. The van der Waals surface area contributed by atoms with Gasteiger partial charge in [0.05, 0.1) is 11.5 Å². The Bertz CT molecular complexity index is 586. The quantitative estimate of drug-likeness (QED) is 0.896. The van der Waals surface area contributed by atoms with E-state index >= 15 is 0 Å². The van der Waals surface area contributed by atoms with Gasteiger partial charge in [-0.05, 0) is 52.4 Å². The minimum atomic E-state index is -3.52. The van der Waals surface area contributed by atoms with Crippen molar-refractivity contribution >= 4 is 26.0 Å². The van der Waals surface area contributed by atoms with Crippen LogP contribution in [0.2, 0.25) is 0 Å². The molecule has 0 saturated carbocycles. The molecule has 0 aromatic heterocycles. The highest BCUT2D eigenvalue weighted by molar-refractivity contribution is 9.10. The molecule has 112 valence electrons. The summed E-state index contributed by atoms with van der Waals surface area (Å²) in [6.07, 6.45) is 1.81. The van der Waals surface area contributed by atoms with Crippen molar-refractivity contribution < 1.29 is 13.5 Å². The van der Waals surface area contributed by atoms with Crippen molar-refractivity contribution in [3.63, 3.8) is 0 Å². The molecule has 4 nitrogen and oxygen atoms in total. The molecule has 1 aromatic carbocycles. The van der Waals surface area contributed by atoms with Crippen LogP contribution in [0.25, 0.3) is 0 Å². The van der Waals surface area contributed by atoms with Crippen LogP contribution in [0.5, 0.6) is 0 Å². The van der Waals surface area contributed by atoms with Crippen LogP contribution in [0.1, 0.15) is 32.3 Å². The van der Waals surface area contributed by atoms with Crippen molar-refractivity contribution in [1.29, 1.82) is 0 Å². The second-order valence-corrected chi connectivity index (χ2v) is 8.21. The van der Waals surface area contributed by atoms with E-state index in [9.17, 15) is 13.5 Å². The van der Waals surface area contributed by atoms with Gasteiger partial charge in [0.2, 0.25) is 10.0 Å². The average molecular weight is 362 g/mol. The fraction of sp³-hybridized carbons (Fsp3) is 0.571. The van der Waals surface area contributed by atoms with Crippen molar-refractivity contribution in [1.82, 2.24) is 4.31 Å². The lowest BCUT2D eigenvalue weighted by atomic mass is 10.0. The maximum absolute atomic E-state index is 12.9. The Kier molecular flexibility index (Phi) is 4.89. The summed E-state index contributed by atoms with van der Waals surface area (Å²) in [5.74, 6) is 0.298. The molecule has 0 spiro atoms. The van der Waals surface area contributed by atoms with Crippen LogP contribution in [0.15, 0.2) is 27.6 Å². The number of aliphatic hydroxyl groups is 1. The molecule has 1 aliphatic rings. The van der Waals surface area contributed by atoms with Crippen LogP contribution < -0.4 is 0 Å². The van der Waals surface area contributed by atoms with E-state index in [-0.39, 0.29) is 17.5 Å². The predicted molar refractivity (Wildman–Crippen MR) is 81.8 cm³/mol. The molecule has 1 aliphatic heterocycles. The van der Waals surface area contributed by atoms with Crippen LogP contribution >= 0.6 is 15.9 Å². The van der Waals surface area contributed by atoms with Gasteiger partial charge in [0.1, 0.15) is 0 Å². The molecule has 0 radical (unpaired) electrons. The number of benzene rings is 1. The average Bonchev–Trinajstić information content (AvgIpc) is 2.89. The van der Waals surface area contributed by atoms with E-state index in [1.54, 1.807) is 22.5 Å². The topological polar surface area (TPSA) is 57.6 Å². The van der Waals surface area contributed by atoms with Crippen molar-refractivity contribution in [2.45, 2.75) is 44.2 Å². The SMILES string of the molecule is CC(C)C1CCCN1S(=O)(=O)c1cc(CO)ccc1Br. The van der Waals surface area contributed by atoms with Crippen molar-refractivity contribution in [2.24, 2.45) is 5.92 Å². The van der Waals surface area contributed by atoms with Gasteiger partial charge < -0.3 is 5.11 Å². The molecule has 20 heavy (non-hydrogen) atoms. The van der Waals surface area contributed by atoms with Gasteiger partial charge in [0.25, 0.3) is 0 Å². The second kappa shape index (κ2) is 6.13. The number of hydrogen-bond donors (Lipinski definition) is 1. The summed E-state index contributed by atoms with van der Waals surface area (Å²) in [5.41, 5.74) is 0.604. The minimum Gasteiger partial charge on any atom is -0.392 e. The molecule has 2 rings (SSSR count). The van der Waals surface area contributed by atoms with Crippen LogP contribution in [0, 0.1) is 5.92 Å². The lowest BCUT2D eigenvalue weighted by Gasteiger charge is -2.27. The van der Waals surface area contributed by atoms with Gasteiger partial charge in [-0.1, -0.05) is 19.9 Å². The van der Waals surface area contributed by atoms with Crippen LogP contribution in [-0.2, 0) is 16.6 Å². The fourth-order valence-corrected chi connectivity index (χ4v) is 5.50. The zero-order chi connectivity index (χ0) is 14.9. The highest BCUT2D eigenvalue weighted by Gasteiger charge is 2.37. The Morgan fingerprint density at radius 3 is 2.75 bits per heavy atom. The number of aliphatic hydroxyl groups excluding tert-OH is 1. The molecule has 1 fully saturated rings. The van der Waals surface area contributed by atoms with E-state index in [1.807, 2.05) is 0 Å². The van der Waals surface area contributed by atoms with Crippen molar-refractivity contribution in [3.8, 4) is 0 Å². The molecular weight excluding hydrogens is 342 g/mol. The first-order valence-electron chi connectivity index (χ1n) is 6.79. The third-order valence-electron chi connectivity index (χ3n) is 3.78. The Morgan fingerprint density at radius 2 is 2.15 bits per heavy atom. The molecule has 1 aromatic rings. The molecule has 1 N–H and O–H groups in total. The number of halogens is 1. The van der Waals surface area contributed by atoms with Crippen LogP contribution in [0.3, 0.4) is 0 Å². The van der Waals surface area contributed by atoms with E-state index < -0.39 is 10.0 Å². The summed E-state index contributed by atoms with van der Waals surface area (Å²) < 4.78 is 27.9. The number of rotatable bonds is 4. The molecule has 1 unspecified atom stereocenters. The fourth-order valence-electron chi connectivity index (χ4n) is 2.70. The summed E-state index contributed by atoms with van der Waals surface area (Å²) in [6, 6.07) is 5.01. The standard InChI is InChI=1S/C14H20BrNO3S/c1-10(2)13-4-3-7-16(13)20(18,19)14-8-11(9-17)5-6-12(14)15/h5-6,8,10,13,17H,3-4,7,9H2,1-2H3. The van der Waals surface area contributed by atoms with Crippen LogP contribution in [-0.4, -0.2) is 30.4 Å². The summed E-state index contributed by atoms with van der Waals surface area (Å²) >= 11 is 3.31. The summed E-state index contributed by atoms with van der Waals surface area (Å²) in [4.78, 5) is 0.247. The normalized spacial score (nSPS) is 20.8. The lowest BCUT2D eigenvalue weighted by Crippen LogP contribution is -2.38. The maximum Gasteiger partial charge on any atom is 0.244 e. The highest BCUT2D eigenvalue weighted by atomic mass is 79.9. The smallest absolute Gasteiger partial charge is 0.244 e. The number of hydrogen-bond acceptors (Lipinski definition) is 3. The Balaban J connectivity index is 2.44. The van der Waals surface area contributed by atoms with Gasteiger partial charge in [-0.25, -0.2) is 8.42 Å². The summed E-state index contributed by atoms with van der Waals surface area (Å²) in [7, 11) is -3.52. The number of sulfonamides is 1. The monoisotopic (exact) mass is 361 g/mol. The van der Waals surface area contributed by atoms with E-state index in [0.29, 0.717) is 22.5 Å². The van der Waals surface area contributed by atoms with Gasteiger partial charge in [-0.3, -0.25) is 0 Å². The predicted octanol–water partition coefficient (Wildman–Crippen LogP) is 2.75. The molecule has 0 amide bonds. The van der Waals surface area contributed by atoms with Crippen molar-refractivity contribution in [2.75, 3.05) is 6.54 Å². The third kappa shape index (κ3) is 2.93. The summed E-state index contributed by atoms with van der Waals surface area (Å²) in [6.45, 7) is 4.51. The Labute approximate surface area is 129 Å². The summed E-state index contributed by atoms with van der Waals surface area (Å²) in [5, 5.41) is 9.20. The maximum atomic E-state index is 12.9. The van der Waals surface area contributed by atoms with E-state index in [4.69, 9.17) is 0 Å². The third-order valence-corrected chi connectivity index (χ3v) is 6.70. The van der Waals surface area contributed by atoms with E-state index in [2.05, 4.69) is 29.8 Å². The molecule has 1 saturated heterocycles. The van der Waals surface area contributed by atoms with E-state index in [1.165, 1.54) is 0 Å². The van der Waals surface area contributed by atoms with Gasteiger partial charge >= 0.3 is 0 Å². The Morgan fingerprint density at radius 1 is 1.45 bits per heavy atom.